The minimum atomic E-state index is -4.54. The van der Waals surface area contributed by atoms with E-state index in [4.69, 9.17) is 17.2 Å². The largest absolute Gasteiger partial charge is 0.416 e. The zero-order valence-corrected chi connectivity index (χ0v) is 27.5. The number of carbonyl (C=O) groups excluding carboxylic acids is 2. The lowest BCUT2D eigenvalue weighted by molar-refractivity contribution is -0.149. The van der Waals surface area contributed by atoms with Gasteiger partial charge in [-0.3, -0.25) is 9.59 Å². The first kappa shape index (κ1) is 39.2. The quantitative estimate of drug-likeness (QED) is 0.163. The number of nitrogens with one attached hydrogen (secondary N) is 1. The van der Waals surface area contributed by atoms with Crippen molar-refractivity contribution in [2.24, 2.45) is 23.1 Å². The van der Waals surface area contributed by atoms with Crippen molar-refractivity contribution < 1.29 is 35.9 Å². The van der Waals surface area contributed by atoms with Crippen LogP contribution < -0.4 is 22.5 Å². The number of amides is 2. The Morgan fingerprint density at radius 3 is 1.73 bits per heavy atom. The van der Waals surface area contributed by atoms with E-state index in [-0.39, 0.29) is 43.0 Å². The molecule has 0 saturated carbocycles. The van der Waals surface area contributed by atoms with Gasteiger partial charge in [0.25, 0.3) is 0 Å². The normalized spacial score (nSPS) is 18.7. The Hall–Kier alpha value is -3.20. The minimum Gasteiger partial charge on any atom is -0.335 e. The molecule has 1 saturated heterocycles. The number of unbranched alkanes of at least 4 members (excludes halogenated alkanes) is 1. The van der Waals surface area contributed by atoms with Crippen LogP contribution in [0.25, 0.3) is 0 Å². The number of nitrogens with zero attached hydrogens (tertiary/aromatic N) is 2. The Bertz CT molecular complexity index is 1340. The van der Waals surface area contributed by atoms with Crippen LogP contribution in [-0.4, -0.2) is 78.5 Å². The number of benzene rings is 2. The number of hydrogen-bond donors (Lipinski definition) is 4. The molecule has 0 bridgehead atoms. The number of rotatable bonds is 15. The Kier molecular flexibility index (Phi) is 14.3. The number of carbonyl (C=O) groups is 2. The maximum absolute atomic E-state index is 13.9. The van der Waals surface area contributed by atoms with Crippen LogP contribution in [0.15, 0.2) is 48.5 Å². The fourth-order valence-electron chi connectivity index (χ4n) is 6.20. The van der Waals surface area contributed by atoms with Crippen LogP contribution in [0.1, 0.15) is 61.8 Å². The van der Waals surface area contributed by atoms with E-state index in [9.17, 15) is 35.9 Å². The summed E-state index contributed by atoms with van der Waals surface area (Å²) in [6, 6.07) is 6.32. The number of alkyl halides is 6. The van der Waals surface area contributed by atoms with E-state index in [1.165, 1.54) is 24.3 Å². The Balaban J connectivity index is 1.84. The number of halogens is 6. The Morgan fingerprint density at radius 1 is 0.792 bits per heavy atom. The number of nitrogens with two attached hydrogens (primary N) is 3. The fraction of sp³-hybridized carbons (Fsp3) is 0.588. The molecular weight excluding hydrogens is 638 g/mol. The SMILES string of the molecule is CC(C)C[C@@H]1CN(C(=O)[C@H](N)Cc2cccc(C(F)(F)F)c2)[C@@H](CCCCNCCN)CN1C(=O)[C@H](N)Cc1cccc(C(F)(F)F)c1. The van der Waals surface area contributed by atoms with E-state index < -0.39 is 59.5 Å². The third-order valence-electron chi connectivity index (χ3n) is 8.52. The second-order valence-corrected chi connectivity index (χ2v) is 13.0. The molecule has 8 nitrogen and oxygen atoms in total. The van der Waals surface area contributed by atoms with Crippen molar-refractivity contribution in [3.8, 4) is 0 Å². The van der Waals surface area contributed by atoms with Crippen molar-refractivity contribution in [2.75, 3.05) is 32.7 Å². The first-order chi connectivity index (χ1) is 22.5. The molecule has 2 aromatic carbocycles. The molecule has 48 heavy (non-hydrogen) atoms. The van der Waals surface area contributed by atoms with E-state index in [2.05, 4.69) is 5.32 Å². The van der Waals surface area contributed by atoms with E-state index >= 15 is 0 Å². The molecule has 1 heterocycles. The number of hydrogen-bond acceptors (Lipinski definition) is 6. The van der Waals surface area contributed by atoms with Crippen molar-refractivity contribution in [3.05, 3.63) is 70.8 Å². The van der Waals surface area contributed by atoms with Gasteiger partial charge >= 0.3 is 12.4 Å². The van der Waals surface area contributed by atoms with Gasteiger partial charge in [-0.05, 0) is 67.8 Å². The zero-order valence-electron chi connectivity index (χ0n) is 27.5. The molecule has 14 heteroatoms. The lowest BCUT2D eigenvalue weighted by Crippen LogP contribution is -2.65. The van der Waals surface area contributed by atoms with Gasteiger partial charge in [0.2, 0.25) is 11.8 Å². The summed E-state index contributed by atoms with van der Waals surface area (Å²) in [5.41, 5.74) is 17.1. The molecule has 1 aliphatic rings. The van der Waals surface area contributed by atoms with Gasteiger partial charge in [0.05, 0.1) is 23.2 Å². The molecule has 0 aromatic heterocycles. The number of piperazine rings is 1. The molecule has 0 unspecified atom stereocenters. The van der Waals surface area contributed by atoms with Crippen molar-refractivity contribution in [2.45, 2.75) is 88.9 Å². The summed E-state index contributed by atoms with van der Waals surface area (Å²) in [6.07, 6.45) is -6.77. The summed E-state index contributed by atoms with van der Waals surface area (Å²) in [4.78, 5) is 31.1. The predicted octanol–water partition coefficient (Wildman–Crippen LogP) is 4.34. The van der Waals surface area contributed by atoms with Crippen molar-refractivity contribution in [1.82, 2.24) is 15.1 Å². The van der Waals surface area contributed by atoms with Crippen LogP contribution in [0.4, 0.5) is 26.3 Å². The lowest BCUT2D eigenvalue weighted by Gasteiger charge is -2.48. The summed E-state index contributed by atoms with van der Waals surface area (Å²) >= 11 is 0. The maximum atomic E-state index is 13.9. The van der Waals surface area contributed by atoms with Gasteiger partial charge in [0, 0.05) is 38.3 Å². The molecule has 268 valence electrons. The smallest absolute Gasteiger partial charge is 0.335 e. The molecule has 0 spiro atoms. The van der Waals surface area contributed by atoms with Crippen LogP contribution in [0.3, 0.4) is 0 Å². The molecule has 2 aromatic rings. The van der Waals surface area contributed by atoms with Gasteiger partial charge < -0.3 is 32.3 Å². The lowest BCUT2D eigenvalue weighted by atomic mass is 9.93. The monoisotopic (exact) mass is 686 g/mol. The summed E-state index contributed by atoms with van der Waals surface area (Å²) in [5.74, 6) is -0.730. The standard InChI is InChI=1S/C34H48F6N6O2/c1-22(2)15-28-21-45(31(47)29(42)18-23-7-5-9-25(16-23)33(35,36)37)27(11-3-4-13-44-14-12-41)20-46(28)32(48)30(43)19-24-8-6-10-26(17-24)34(38,39)40/h5-10,16-17,22,27-30,44H,3-4,11-15,18-21,41-43H2,1-2H3/t27-,28+,29+,30+/m0/s1. The molecule has 7 N–H and O–H groups in total. The third-order valence-corrected chi connectivity index (χ3v) is 8.52. The van der Waals surface area contributed by atoms with Crippen LogP contribution in [-0.2, 0) is 34.8 Å². The van der Waals surface area contributed by atoms with Gasteiger partial charge in [-0.1, -0.05) is 56.7 Å². The fourth-order valence-corrected chi connectivity index (χ4v) is 6.20. The highest BCUT2D eigenvalue weighted by molar-refractivity contribution is 5.85. The third kappa shape index (κ3) is 11.5. The van der Waals surface area contributed by atoms with E-state index in [0.717, 1.165) is 30.7 Å². The Labute approximate surface area is 278 Å². The highest BCUT2D eigenvalue weighted by Crippen LogP contribution is 2.31. The molecule has 1 fully saturated rings. The topological polar surface area (TPSA) is 131 Å². The highest BCUT2D eigenvalue weighted by Gasteiger charge is 2.41. The minimum absolute atomic E-state index is 0.102. The van der Waals surface area contributed by atoms with Crippen molar-refractivity contribution >= 4 is 11.8 Å². The van der Waals surface area contributed by atoms with E-state index in [1.807, 2.05) is 13.8 Å². The molecule has 3 rings (SSSR count). The van der Waals surface area contributed by atoms with Gasteiger partial charge in [0.1, 0.15) is 0 Å². The Morgan fingerprint density at radius 2 is 1.27 bits per heavy atom. The molecule has 1 aliphatic heterocycles. The summed E-state index contributed by atoms with van der Waals surface area (Å²) in [6.45, 7) is 6.07. The molecular formula is C34H48F6N6O2. The van der Waals surface area contributed by atoms with Crippen LogP contribution in [0.2, 0.25) is 0 Å². The van der Waals surface area contributed by atoms with E-state index in [0.29, 0.717) is 38.9 Å². The first-order valence-electron chi connectivity index (χ1n) is 16.4. The predicted molar refractivity (Wildman–Crippen MR) is 172 cm³/mol. The van der Waals surface area contributed by atoms with Crippen LogP contribution in [0.5, 0.6) is 0 Å². The van der Waals surface area contributed by atoms with Gasteiger partial charge in [-0.25, -0.2) is 0 Å². The molecule has 4 atom stereocenters. The molecule has 0 aliphatic carbocycles. The zero-order chi connectivity index (χ0) is 35.6. The summed E-state index contributed by atoms with van der Waals surface area (Å²) < 4.78 is 79.8. The average Bonchev–Trinajstić information content (AvgIpc) is 3.01. The van der Waals surface area contributed by atoms with Crippen LogP contribution >= 0.6 is 0 Å². The first-order valence-corrected chi connectivity index (χ1v) is 16.4. The maximum Gasteiger partial charge on any atom is 0.416 e. The second-order valence-electron chi connectivity index (χ2n) is 13.0. The van der Waals surface area contributed by atoms with Gasteiger partial charge in [-0.2, -0.15) is 26.3 Å². The van der Waals surface area contributed by atoms with Crippen molar-refractivity contribution in [1.29, 1.82) is 0 Å². The molecule has 0 radical (unpaired) electrons. The molecule has 2 amide bonds. The summed E-state index contributed by atoms with van der Waals surface area (Å²) in [7, 11) is 0. The average molecular weight is 687 g/mol. The van der Waals surface area contributed by atoms with Crippen molar-refractivity contribution in [3.63, 3.8) is 0 Å². The van der Waals surface area contributed by atoms with Gasteiger partial charge in [0.15, 0.2) is 0 Å². The van der Waals surface area contributed by atoms with Crippen LogP contribution in [0, 0.1) is 5.92 Å². The van der Waals surface area contributed by atoms with Gasteiger partial charge in [-0.15, -0.1) is 0 Å². The highest BCUT2D eigenvalue weighted by atomic mass is 19.4. The summed E-state index contributed by atoms with van der Waals surface area (Å²) in [5, 5.41) is 3.22. The second kappa shape index (κ2) is 17.5. The van der Waals surface area contributed by atoms with E-state index in [1.54, 1.807) is 9.80 Å².